The van der Waals surface area contributed by atoms with Gasteiger partial charge >= 0.3 is 5.69 Å². The van der Waals surface area contributed by atoms with Crippen molar-refractivity contribution in [3.05, 3.63) is 33.9 Å². The molecule has 0 unspecified atom stereocenters. The predicted molar refractivity (Wildman–Crippen MR) is 77.1 cm³/mol. The molecule has 20 heavy (non-hydrogen) atoms. The molecular weight excluding hydrogens is 260 g/mol. The number of benzene rings is 1. The van der Waals surface area contributed by atoms with Crippen LogP contribution in [0.15, 0.2) is 18.2 Å². The van der Waals surface area contributed by atoms with Crippen LogP contribution in [0.3, 0.4) is 0 Å². The Morgan fingerprint density at radius 2 is 2.10 bits per heavy atom. The summed E-state index contributed by atoms with van der Waals surface area (Å²) in [7, 11) is 3.46. The monoisotopic (exact) mass is 282 g/mol. The smallest absolute Gasteiger partial charge is 0.310 e. The highest BCUT2D eigenvalue weighted by Gasteiger charge is 2.19. The van der Waals surface area contributed by atoms with Crippen LogP contribution in [-0.2, 0) is 11.3 Å². The van der Waals surface area contributed by atoms with E-state index >= 15 is 0 Å². The summed E-state index contributed by atoms with van der Waals surface area (Å²) in [5.41, 5.74) is 0.622. The van der Waals surface area contributed by atoms with Crippen LogP contribution in [0.2, 0.25) is 0 Å². The van der Waals surface area contributed by atoms with Gasteiger partial charge in [-0.1, -0.05) is 6.07 Å². The zero-order valence-electron chi connectivity index (χ0n) is 12.4. The molecule has 1 aromatic rings. The van der Waals surface area contributed by atoms with Gasteiger partial charge in [0.1, 0.15) is 0 Å². The lowest BCUT2D eigenvalue weighted by Crippen LogP contribution is -2.25. The van der Waals surface area contributed by atoms with Gasteiger partial charge in [0.2, 0.25) is 0 Å². The Labute approximate surface area is 119 Å². The number of nitrogens with one attached hydrogen (secondary N) is 1. The third-order valence-corrected chi connectivity index (χ3v) is 3.12. The topological polar surface area (TPSA) is 73.6 Å². The molecule has 1 N–H and O–H groups in total. The third-order valence-electron chi connectivity index (χ3n) is 3.12. The van der Waals surface area contributed by atoms with E-state index in [0.717, 1.165) is 5.56 Å². The molecular formula is C14H22N2O4. The lowest BCUT2D eigenvalue weighted by molar-refractivity contribution is -0.385. The SMILES string of the molecule is CNCc1ccc([N+](=O)[O-])c(OCCC(C)(C)OC)c1. The number of ether oxygens (including phenoxy) is 2. The number of hydrogen-bond acceptors (Lipinski definition) is 5. The van der Waals surface area contributed by atoms with E-state index in [9.17, 15) is 10.1 Å². The maximum absolute atomic E-state index is 11.0. The summed E-state index contributed by atoms with van der Waals surface area (Å²) in [5, 5.41) is 14.0. The summed E-state index contributed by atoms with van der Waals surface area (Å²) >= 11 is 0. The molecule has 1 aromatic carbocycles. The van der Waals surface area contributed by atoms with Gasteiger partial charge in [-0.15, -0.1) is 0 Å². The molecule has 0 radical (unpaired) electrons. The fourth-order valence-electron chi connectivity index (χ4n) is 1.65. The summed E-state index contributed by atoms with van der Waals surface area (Å²) in [6, 6.07) is 4.90. The van der Waals surface area contributed by atoms with E-state index in [-0.39, 0.29) is 11.3 Å². The van der Waals surface area contributed by atoms with Gasteiger partial charge in [0.05, 0.1) is 17.1 Å². The Bertz CT molecular complexity index is 460. The minimum atomic E-state index is -0.431. The van der Waals surface area contributed by atoms with Crippen LogP contribution < -0.4 is 10.1 Å². The Kier molecular flexibility index (Phi) is 5.91. The second kappa shape index (κ2) is 7.21. The fourth-order valence-corrected chi connectivity index (χ4v) is 1.65. The van der Waals surface area contributed by atoms with Gasteiger partial charge in [0, 0.05) is 26.1 Å². The zero-order chi connectivity index (χ0) is 15.2. The molecule has 0 saturated carbocycles. The van der Waals surface area contributed by atoms with Crippen LogP contribution in [0.4, 0.5) is 5.69 Å². The first-order valence-corrected chi connectivity index (χ1v) is 6.49. The number of hydrogen-bond donors (Lipinski definition) is 1. The first-order valence-electron chi connectivity index (χ1n) is 6.49. The van der Waals surface area contributed by atoms with E-state index in [2.05, 4.69) is 5.32 Å². The summed E-state index contributed by atoms with van der Waals surface area (Å²) in [6.07, 6.45) is 0.650. The summed E-state index contributed by atoms with van der Waals surface area (Å²) in [4.78, 5) is 10.6. The van der Waals surface area contributed by atoms with Gasteiger partial charge in [-0.25, -0.2) is 0 Å². The number of nitro benzene ring substituents is 1. The molecule has 6 heteroatoms. The Hall–Kier alpha value is -1.66. The van der Waals surface area contributed by atoms with Gasteiger partial charge in [0.15, 0.2) is 5.75 Å². The highest BCUT2D eigenvalue weighted by atomic mass is 16.6. The predicted octanol–water partition coefficient (Wildman–Crippen LogP) is 2.51. The van der Waals surface area contributed by atoms with E-state index < -0.39 is 4.92 Å². The van der Waals surface area contributed by atoms with Gasteiger partial charge < -0.3 is 14.8 Å². The average Bonchev–Trinajstić information content (AvgIpc) is 2.39. The summed E-state index contributed by atoms with van der Waals surface area (Å²) in [6.45, 7) is 4.90. The van der Waals surface area contributed by atoms with Crippen molar-refractivity contribution >= 4 is 5.69 Å². The van der Waals surface area contributed by atoms with Crippen molar-refractivity contribution in [3.8, 4) is 5.75 Å². The lowest BCUT2D eigenvalue weighted by Gasteiger charge is -2.22. The van der Waals surface area contributed by atoms with Crippen LogP contribution in [0, 0.1) is 10.1 Å². The average molecular weight is 282 g/mol. The largest absolute Gasteiger partial charge is 0.487 e. The quantitative estimate of drug-likeness (QED) is 0.586. The zero-order valence-corrected chi connectivity index (χ0v) is 12.4. The van der Waals surface area contributed by atoms with Crippen LogP contribution in [0.5, 0.6) is 5.75 Å². The van der Waals surface area contributed by atoms with E-state index in [4.69, 9.17) is 9.47 Å². The molecule has 0 aliphatic heterocycles. The lowest BCUT2D eigenvalue weighted by atomic mass is 10.1. The second-order valence-electron chi connectivity index (χ2n) is 5.15. The molecule has 0 aromatic heterocycles. The maximum atomic E-state index is 11.0. The first-order chi connectivity index (χ1) is 9.39. The van der Waals surface area contributed by atoms with E-state index in [1.54, 1.807) is 19.2 Å². The fraction of sp³-hybridized carbons (Fsp3) is 0.571. The van der Waals surface area contributed by atoms with Gasteiger partial charge in [0.25, 0.3) is 0 Å². The minimum absolute atomic E-state index is 0.0138. The minimum Gasteiger partial charge on any atom is -0.487 e. The van der Waals surface area contributed by atoms with Crippen LogP contribution in [0.1, 0.15) is 25.8 Å². The van der Waals surface area contributed by atoms with Gasteiger partial charge in [-0.2, -0.15) is 0 Å². The first kappa shape index (κ1) is 16.4. The number of nitrogens with zero attached hydrogens (tertiary/aromatic N) is 1. The van der Waals surface area contributed by atoms with Gasteiger partial charge in [-0.3, -0.25) is 10.1 Å². The molecule has 1 rings (SSSR count). The molecule has 0 aliphatic carbocycles. The van der Waals surface area contributed by atoms with E-state index in [0.29, 0.717) is 25.3 Å². The highest BCUT2D eigenvalue weighted by molar-refractivity contribution is 5.48. The molecule has 112 valence electrons. The standard InChI is InChI=1S/C14H22N2O4/c1-14(2,19-4)7-8-20-13-9-11(10-15-3)5-6-12(13)16(17)18/h5-6,9,15H,7-8,10H2,1-4H3. The van der Waals surface area contributed by atoms with Crippen LogP contribution in [-0.4, -0.2) is 31.3 Å². The molecule has 0 bridgehead atoms. The number of methoxy groups -OCH3 is 1. The van der Waals surface area contributed by atoms with Crippen molar-refractivity contribution in [2.75, 3.05) is 20.8 Å². The summed E-state index contributed by atoms with van der Waals surface area (Å²) < 4.78 is 10.9. The highest BCUT2D eigenvalue weighted by Crippen LogP contribution is 2.28. The van der Waals surface area contributed by atoms with E-state index in [1.165, 1.54) is 6.07 Å². The van der Waals surface area contributed by atoms with Crippen molar-refractivity contribution in [1.29, 1.82) is 0 Å². The normalized spacial score (nSPS) is 11.4. The molecule has 0 saturated heterocycles. The molecule has 6 nitrogen and oxygen atoms in total. The molecule has 0 fully saturated rings. The van der Waals surface area contributed by atoms with Crippen molar-refractivity contribution in [2.45, 2.75) is 32.4 Å². The third kappa shape index (κ3) is 4.79. The molecule has 0 amide bonds. The maximum Gasteiger partial charge on any atom is 0.310 e. The van der Waals surface area contributed by atoms with Crippen LogP contribution >= 0.6 is 0 Å². The molecule has 0 spiro atoms. The Balaban J connectivity index is 2.80. The Morgan fingerprint density at radius 1 is 1.40 bits per heavy atom. The van der Waals surface area contributed by atoms with Gasteiger partial charge in [-0.05, 0) is 32.5 Å². The molecule has 0 aliphatic rings. The second-order valence-corrected chi connectivity index (χ2v) is 5.15. The molecule has 0 heterocycles. The number of rotatable bonds is 8. The molecule has 0 atom stereocenters. The Morgan fingerprint density at radius 3 is 2.65 bits per heavy atom. The van der Waals surface area contributed by atoms with E-state index in [1.807, 2.05) is 20.9 Å². The van der Waals surface area contributed by atoms with Crippen molar-refractivity contribution in [1.82, 2.24) is 5.32 Å². The van der Waals surface area contributed by atoms with Crippen LogP contribution in [0.25, 0.3) is 0 Å². The van der Waals surface area contributed by atoms with Crippen molar-refractivity contribution in [3.63, 3.8) is 0 Å². The van der Waals surface area contributed by atoms with Crippen molar-refractivity contribution < 1.29 is 14.4 Å². The summed E-state index contributed by atoms with van der Waals surface area (Å²) in [5.74, 6) is 0.301. The van der Waals surface area contributed by atoms with Crippen molar-refractivity contribution in [2.24, 2.45) is 0 Å². The number of nitro groups is 1.